The third kappa shape index (κ3) is 5.39. The first kappa shape index (κ1) is 21.2. The number of ether oxygens (including phenoxy) is 2. The van der Waals surface area contributed by atoms with Crippen LogP contribution < -0.4 is 14.8 Å². The molecule has 6 nitrogen and oxygen atoms in total. The molecule has 2 aromatic carbocycles. The highest BCUT2D eigenvalue weighted by Gasteiger charge is 2.20. The van der Waals surface area contributed by atoms with Crippen molar-refractivity contribution in [2.24, 2.45) is 4.99 Å². The Morgan fingerprint density at radius 2 is 1.81 bits per heavy atom. The molecule has 1 aliphatic heterocycles. The number of methoxy groups -OCH3 is 1. The molecule has 2 heterocycles. The molecule has 0 atom stereocenters. The minimum Gasteiger partial charge on any atom is -0.504 e. The van der Waals surface area contributed by atoms with Crippen LogP contribution in [0.25, 0.3) is 11.0 Å². The Kier molecular flexibility index (Phi) is 7.10. The van der Waals surface area contributed by atoms with Gasteiger partial charge in [-0.1, -0.05) is 12.1 Å². The Morgan fingerprint density at radius 1 is 1.06 bits per heavy atom. The molecule has 0 amide bonds. The second-order valence-corrected chi connectivity index (χ2v) is 7.81. The van der Waals surface area contributed by atoms with E-state index < -0.39 is 0 Å². The molecule has 1 saturated heterocycles. The lowest BCUT2D eigenvalue weighted by Gasteiger charge is -2.20. The van der Waals surface area contributed by atoms with E-state index in [1.807, 2.05) is 48.5 Å². The van der Waals surface area contributed by atoms with Gasteiger partial charge >= 0.3 is 0 Å². The summed E-state index contributed by atoms with van der Waals surface area (Å²) in [6.07, 6.45) is 4.54. The topological polar surface area (TPSA) is 76.2 Å². The zero-order chi connectivity index (χ0) is 21.5. The van der Waals surface area contributed by atoms with Gasteiger partial charge in [0, 0.05) is 0 Å². The number of nitrogens with zero attached hydrogens (tertiary/aromatic N) is 1. The van der Waals surface area contributed by atoms with Crippen molar-refractivity contribution in [1.29, 1.82) is 0 Å². The van der Waals surface area contributed by atoms with Crippen LogP contribution in [0.5, 0.6) is 17.2 Å². The van der Waals surface area contributed by atoms with Crippen LogP contribution in [0.15, 0.2) is 57.9 Å². The van der Waals surface area contributed by atoms with E-state index in [4.69, 9.17) is 18.9 Å². The van der Waals surface area contributed by atoms with E-state index in [0.717, 1.165) is 67.8 Å². The molecule has 31 heavy (non-hydrogen) atoms. The summed E-state index contributed by atoms with van der Waals surface area (Å²) in [4.78, 5) is 5.00. The molecule has 164 valence electrons. The smallest absolute Gasteiger partial charge is 0.190 e. The highest BCUT2D eigenvalue weighted by Crippen LogP contribution is 2.33. The summed E-state index contributed by atoms with van der Waals surface area (Å²) in [6, 6.07) is 15.4. The van der Waals surface area contributed by atoms with Crippen LogP contribution >= 0.6 is 0 Å². The van der Waals surface area contributed by atoms with Crippen LogP contribution in [0, 0.1) is 0 Å². The number of benzene rings is 2. The Labute approximate surface area is 182 Å². The van der Waals surface area contributed by atoms with Gasteiger partial charge in [-0.15, -0.1) is 0 Å². The first-order valence-corrected chi connectivity index (χ1v) is 11.0. The monoisotopic (exact) mass is 422 g/mol. The molecule has 0 saturated carbocycles. The first-order valence-electron chi connectivity index (χ1n) is 11.0. The van der Waals surface area contributed by atoms with Crippen LogP contribution in [0.4, 0.5) is 0 Å². The molecule has 0 unspecified atom stereocenters. The maximum absolute atomic E-state index is 10.8. The molecule has 0 aliphatic carbocycles. The number of aliphatic imine (C=N–C) groups is 1. The molecule has 1 fully saturated rings. The van der Waals surface area contributed by atoms with Gasteiger partial charge in [-0.05, 0) is 81.6 Å². The molecule has 1 aliphatic rings. The molecule has 3 aromatic rings. The van der Waals surface area contributed by atoms with Crippen LogP contribution in [0.1, 0.15) is 37.9 Å². The lowest BCUT2D eigenvalue weighted by atomic mass is 10.0. The van der Waals surface area contributed by atoms with Crippen LogP contribution in [-0.2, 0) is 0 Å². The van der Waals surface area contributed by atoms with Crippen molar-refractivity contribution >= 4 is 16.7 Å². The predicted octanol–water partition coefficient (Wildman–Crippen LogP) is 4.94. The van der Waals surface area contributed by atoms with Crippen molar-refractivity contribution in [1.82, 2.24) is 5.32 Å². The minimum atomic E-state index is 0.192. The number of aromatic hydroxyl groups is 1. The average Bonchev–Trinajstić information content (AvgIpc) is 3.16. The SMILES string of the molecule is COc1ccc(OCCCCC(=NC2CCNCC2)c2oc3ccccc3c2O)cc1. The maximum atomic E-state index is 10.8. The number of furan rings is 1. The van der Waals surface area contributed by atoms with Crippen LogP contribution in [0.2, 0.25) is 0 Å². The highest BCUT2D eigenvalue weighted by atomic mass is 16.5. The van der Waals surface area contributed by atoms with Gasteiger partial charge in [-0.2, -0.15) is 0 Å². The van der Waals surface area contributed by atoms with E-state index in [2.05, 4.69) is 5.32 Å². The number of nitrogens with one attached hydrogen (secondary N) is 1. The summed E-state index contributed by atoms with van der Waals surface area (Å²) < 4.78 is 17.0. The Balaban J connectivity index is 1.40. The van der Waals surface area contributed by atoms with Gasteiger partial charge in [0.2, 0.25) is 0 Å². The fraction of sp³-hybridized carbons (Fsp3) is 0.400. The molecule has 0 bridgehead atoms. The standard InChI is InChI=1S/C25H30N2O4/c1-29-19-9-11-20(12-10-19)30-17-5-4-7-22(27-18-13-15-26-16-14-18)25-24(28)21-6-2-3-8-23(21)31-25/h2-3,6,8-12,18,26,28H,4-5,7,13-17H2,1H3. The van der Waals surface area contributed by atoms with Crippen LogP contribution in [0.3, 0.4) is 0 Å². The third-order valence-corrected chi connectivity index (χ3v) is 5.61. The van der Waals surface area contributed by atoms with Gasteiger partial charge in [0.15, 0.2) is 11.5 Å². The van der Waals surface area contributed by atoms with E-state index in [1.54, 1.807) is 7.11 Å². The number of hydrogen-bond acceptors (Lipinski definition) is 6. The lowest BCUT2D eigenvalue weighted by molar-refractivity contribution is 0.307. The van der Waals surface area contributed by atoms with Crippen molar-refractivity contribution in [3.63, 3.8) is 0 Å². The van der Waals surface area contributed by atoms with E-state index in [-0.39, 0.29) is 11.8 Å². The molecule has 2 N–H and O–H groups in total. The second-order valence-electron chi connectivity index (χ2n) is 7.81. The molecule has 0 spiro atoms. The molecule has 0 radical (unpaired) electrons. The third-order valence-electron chi connectivity index (χ3n) is 5.61. The summed E-state index contributed by atoms with van der Waals surface area (Å²) in [6.45, 7) is 2.57. The number of rotatable bonds is 9. The second kappa shape index (κ2) is 10.4. The molecule has 1 aromatic heterocycles. The van der Waals surface area contributed by atoms with Gasteiger partial charge in [-0.25, -0.2) is 0 Å². The molecular formula is C25H30N2O4. The zero-order valence-corrected chi connectivity index (χ0v) is 18.0. The number of para-hydroxylation sites is 1. The number of unbranched alkanes of at least 4 members (excludes halogenated alkanes) is 1. The summed E-state index contributed by atoms with van der Waals surface area (Å²) in [5.74, 6) is 2.35. The summed E-state index contributed by atoms with van der Waals surface area (Å²) in [7, 11) is 1.65. The predicted molar refractivity (Wildman–Crippen MR) is 123 cm³/mol. The zero-order valence-electron chi connectivity index (χ0n) is 18.0. The highest BCUT2D eigenvalue weighted by molar-refractivity contribution is 6.05. The van der Waals surface area contributed by atoms with Gasteiger partial charge in [0.25, 0.3) is 0 Å². The molecular weight excluding hydrogens is 392 g/mol. The minimum absolute atomic E-state index is 0.192. The van der Waals surface area contributed by atoms with E-state index in [0.29, 0.717) is 18.0 Å². The largest absolute Gasteiger partial charge is 0.504 e. The fourth-order valence-electron chi connectivity index (χ4n) is 3.88. The van der Waals surface area contributed by atoms with Gasteiger partial charge in [0.05, 0.1) is 30.9 Å². The van der Waals surface area contributed by atoms with Crippen molar-refractivity contribution in [3.8, 4) is 17.2 Å². The number of hydrogen-bond donors (Lipinski definition) is 2. The summed E-state index contributed by atoms with van der Waals surface area (Å²) in [5.41, 5.74) is 1.54. The van der Waals surface area contributed by atoms with Crippen molar-refractivity contribution in [3.05, 3.63) is 54.3 Å². The summed E-state index contributed by atoms with van der Waals surface area (Å²) >= 11 is 0. The van der Waals surface area contributed by atoms with Crippen molar-refractivity contribution < 1.29 is 19.0 Å². The lowest BCUT2D eigenvalue weighted by Crippen LogP contribution is -2.30. The maximum Gasteiger partial charge on any atom is 0.190 e. The van der Waals surface area contributed by atoms with Crippen molar-refractivity contribution in [2.75, 3.05) is 26.8 Å². The van der Waals surface area contributed by atoms with Gasteiger partial charge in [-0.3, -0.25) is 4.99 Å². The summed E-state index contributed by atoms with van der Waals surface area (Å²) in [5, 5.41) is 14.9. The molecule has 6 heteroatoms. The van der Waals surface area contributed by atoms with Crippen LogP contribution in [-0.4, -0.2) is 43.7 Å². The Hall–Kier alpha value is -2.99. The van der Waals surface area contributed by atoms with E-state index >= 15 is 0 Å². The van der Waals surface area contributed by atoms with E-state index in [1.165, 1.54) is 0 Å². The van der Waals surface area contributed by atoms with Crippen molar-refractivity contribution in [2.45, 2.75) is 38.1 Å². The quantitative estimate of drug-likeness (QED) is 0.377. The van der Waals surface area contributed by atoms with E-state index in [9.17, 15) is 5.11 Å². The van der Waals surface area contributed by atoms with Gasteiger partial charge < -0.3 is 24.3 Å². The number of fused-ring (bicyclic) bond motifs is 1. The van der Waals surface area contributed by atoms with Gasteiger partial charge in [0.1, 0.15) is 17.1 Å². The first-order chi connectivity index (χ1) is 15.2. The fourth-order valence-corrected chi connectivity index (χ4v) is 3.88. The molecule has 4 rings (SSSR count). The number of piperidine rings is 1. The normalized spacial score (nSPS) is 15.3. The Morgan fingerprint density at radius 3 is 2.55 bits per heavy atom. The average molecular weight is 423 g/mol. The Bertz CT molecular complexity index is 1000.